The predicted molar refractivity (Wildman–Crippen MR) is 200 cm³/mol. The van der Waals surface area contributed by atoms with Crippen LogP contribution in [0.15, 0.2) is 133 Å². The topological polar surface area (TPSA) is 113 Å². The van der Waals surface area contributed by atoms with Crippen LogP contribution >= 0.6 is 0 Å². The molecule has 6 aromatic rings. The van der Waals surface area contributed by atoms with Gasteiger partial charge in [0.05, 0.1) is 33.6 Å². The van der Waals surface area contributed by atoms with Crippen LogP contribution in [0.5, 0.6) is 28.7 Å². The van der Waals surface area contributed by atoms with Gasteiger partial charge in [-0.2, -0.15) is 0 Å². The van der Waals surface area contributed by atoms with E-state index >= 15 is 0 Å². The van der Waals surface area contributed by atoms with Crippen molar-refractivity contribution in [3.63, 3.8) is 0 Å². The number of benzene rings is 6. The van der Waals surface area contributed by atoms with Crippen LogP contribution in [0.25, 0.3) is 0 Å². The number of phenolic OH excluding ortho intramolecular Hbond substituents is 1. The molecule has 260 valence electrons. The van der Waals surface area contributed by atoms with Crippen molar-refractivity contribution in [3.8, 4) is 28.7 Å². The molecule has 0 fully saturated rings. The van der Waals surface area contributed by atoms with Crippen molar-refractivity contribution < 1.29 is 33.8 Å². The lowest BCUT2D eigenvalue weighted by Crippen LogP contribution is -2.29. The number of phenols is 1. The van der Waals surface area contributed by atoms with E-state index in [0.717, 1.165) is 21.6 Å². The summed E-state index contributed by atoms with van der Waals surface area (Å²) in [6, 6.07) is 38.3. The van der Waals surface area contributed by atoms with Gasteiger partial charge in [0, 0.05) is 5.41 Å². The molecule has 8 rings (SSSR count). The molecule has 53 heavy (non-hydrogen) atoms. The maximum absolute atomic E-state index is 13.2. The zero-order chi connectivity index (χ0) is 37.0. The van der Waals surface area contributed by atoms with Crippen molar-refractivity contribution in [3.05, 3.63) is 172 Å². The average Bonchev–Trinajstić information content (AvgIpc) is 3.55. The van der Waals surface area contributed by atoms with Gasteiger partial charge >= 0.3 is 0 Å². The fraction of sp³-hybridized carbons (Fsp3) is 0.0909. The normalized spacial score (nSPS) is 13.7. The van der Waals surface area contributed by atoms with E-state index in [1.807, 2.05) is 67.6 Å². The average molecular weight is 701 g/mol. The van der Waals surface area contributed by atoms with E-state index in [0.29, 0.717) is 45.5 Å². The van der Waals surface area contributed by atoms with Crippen LogP contribution in [0, 0.1) is 6.92 Å². The molecule has 9 nitrogen and oxygen atoms in total. The second kappa shape index (κ2) is 12.6. The van der Waals surface area contributed by atoms with Gasteiger partial charge < -0.3 is 14.6 Å². The third kappa shape index (κ3) is 5.88. The second-order valence-electron chi connectivity index (χ2n) is 13.5. The number of hydrogen-bond donors (Lipinski definition) is 1. The molecular formula is C44H32N2O7. The monoisotopic (exact) mass is 700 g/mol. The van der Waals surface area contributed by atoms with Crippen LogP contribution < -0.4 is 19.3 Å². The first-order valence-electron chi connectivity index (χ1n) is 17.0. The van der Waals surface area contributed by atoms with Crippen molar-refractivity contribution in [2.24, 2.45) is 0 Å². The number of carbonyl (C=O) groups is 4. The number of hydrogen-bond acceptors (Lipinski definition) is 7. The second-order valence-corrected chi connectivity index (χ2v) is 13.5. The summed E-state index contributed by atoms with van der Waals surface area (Å²) >= 11 is 0. The molecule has 0 atom stereocenters. The van der Waals surface area contributed by atoms with Crippen LogP contribution in [0.1, 0.15) is 72.0 Å². The molecule has 0 spiro atoms. The molecule has 2 heterocycles. The lowest BCUT2D eigenvalue weighted by molar-refractivity contribution is 0.0910. The van der Waals surface area contributed by atoms with Gasteiger partial charge in [0.25, 0.3) is 23.6 Å². The summed E-state index contributed by atoms with van der Waals surface area (Å²) in [4.78, 5) is 54.7. The third-order valence-corrected chi connectivity index (χ3v) is 9.74. The highest BCUT2D eigenvalue weighted by molar-refractivity contribution is 6.35. The number of nitrogens with zero attached hydrogens (tertiary/aromatic N) is 2. The smallest absolute Gasteiger partial charge is 0.266 e. The molecule has 0 unspecified atom stereocenters. The number of anilines is 2. The first-order chi connectivity index (χ1) is 25.5. The third-order valence-electron chi connectivity index (χ3n) is 9.74. The Labute approximate surface area is 305 Å². The van der Waals surface area contributed by atoms with Gasteiger partial charge in [-0.3, -0.25) is 19.2 Å². The number of carbonyl (C=O) groups excluding carboxylic acids is 4. The Morgan fingerprint density at radius 3 is 1.23 bits per heavy atom. The molecule has 0 radical (unpaired) electrons. The quantitative estimate of drug-likeness (QED) is 0.158. The van der Waals surface area contributed by atoms with E-state index in [9.17, 15) is 24.3 Å². The molecule has 2 aliphatic rings. The minimum absolute atomic E-state index is 0.0393. The molecule has 1 N–H and O–H groups in total. The summed E-state index contributed by atoms with van der Waals surface area (Å²) in [5.74, 6) is 0.425. The van der Waals surface area contributed by atoms with Gasteiger partial charge in [0.1, 0.15) is 28.7 Å². The van der Waals surface area contributed by atoms with Gasteiger partial charge in [-0.25, -0.2) is 9.80 Å². The highest BCUT2D eigenvalue weighted by Gasteiger charge is 2.38. The first kappa shape index (κ1) is 33.2. The van der Waals surface area contributed by atoms with E-state index in [-0.39, 0.29) is 34.1 Å². The maximum atomic E-state index is 13.2. The summed E-state index contributed by atoms with van der Waals surface area (Å²) in [7, 11) is 0. The lowest BCUT2D eigenvalue weighted by atomic mass is 9.78. The fourth-order valence-electron chi connectivity index (χ4n) is 6.65. The molecule has 0 bridgehead atoms. The number of amides is 4. The Hall–Kier alpha value is -7.00. The van der Waals surface area contributed by atoms with Crippen LogP contribution in [0.3, 0.4) is 0 Å². The Kier molecular flexibility index (Phi) is 7.91. The highest BCUT2D eigenvalue weighted by atomic mass is 16.5. The van der Waals surface area contributed by atoms with E-state index < -0.39 is 11.8 Å². The summed E-state index contributed by atoms with van der Waals surface area (Å²) in [6.07, 6.45) is 0. The summed E-state index contributed by atoms with van der Waals surface area (Å²) in [5, 5.41) is 9.60. The molecular weight excluding hydrogens is 668 g/mol. The molecule has 0 saturated carbocycles. The van der Waals surface area contributed by atoms with E-state index in [4.69, 9.17) is 9.47 Å². The highest BCUT2D eigenvalue weighted by Crippen LogP contribution is 2.37. The molecule has 9 heteroatoms. The molecule has 4 amide bonds. The number of aromatic hydroxyl groups is 1. The Morgan fingerprint density at radius 2 is 0.811 bits per heavy atom. The first-order valence-corrected chi connectivity index (χ1v) is 17.0. The Balaban J connectivity index is 0.935. The number of rotatable bonds is 8. The molecule has 0 saturated heterocycles. The van der Waals surface area contributed by atoms with Gasteiger partial charge in [-0.1, -0.05) is 55.8 Å². The molecule has 0 aromatic heterocycles. The zero-order valence-corrected chi connectivity index (χ0v) is 29.0. The Morgan fingerprint density at radius 1 is 0.453 bits per heavy atom. The molecule has 6 aromatic carbocycles. The van der Waals surface area contributed by atoms with Crippen molar-refractivity contribution >= 4 is 35.0 Å². The van der Waals surface area contributed by atoms with Crippen LogP contribution in [-0.2, 0) is 5.41 Å². The van der Waals surface area contributed by atoms with Gasteiger partial charge in [0.15, 0.2) is 0 Å². The largest absolute Gasteiger partial charge is 0.508 e. The zero-order valence-electron chi connectivity index (χ0n) is 29.0. The summed E-state index contributed by atoms with van der Waals surface area (Å²) in [6.45, 7) is 6.18. The van der Waals surface area contributed by atoms with Crippen LogP contribution in [-0.4, -0.2) is 28.7 Å². The summed E-state index contributed by atoms with van der Waals surface area (Å²) < 4.78 is 12.2. The summed E-state index contributed by atoms with van der Waals surface area (Å²) in [5.41, 5.74) is 4.81. The van der Waals surface area contributed by atoms with Crippen LogP contribution in [0.2, 0.25) is 0 Å². The SMILES string of the molecule is Cc1ccc(N2C(=O)c3ccc(Oc4ccc(C(C)(C)c5ccc(Oc6ccc7c(c6)C(=O)N(c6ccc(O)cc6)C7=O)cc5)cc4)cc3C2=O)cc1. The lowest BCUT2D eigenvalue weighted by Gasteiger charge is -2.26. The van der Waals surface area contributed by atoms with Crippen molar-refractivity contribution in [2.75, 3.05) is 9.80 Å². The number of aryl methyl sites for hydroxylation is 1. The minimum atomic E-state index is -0.459. The number of fused-ring (bicyclic) bond motifs is 2. The molecule has 2 aliphatic heterocycles. The predicted octanol–water partition coefficient (Wildman–Crippen LogP) is 9.21. The number of ether oxygens (including phenoxy) is 2. The number of imide groups is 2. The van der Waals surface area contributed by atoms with E-state index in [1.54, 1.807) is 48.5 Å². The van der Waals surface area contributed by atoms with E-state index in [1.165, 1.54) is 29.2 Å². The standard InChI is InChI=1S/C44H32N2O7/c1-26-4-10-29(11-5-26)45-40(48)36-22-20-34(24-38(36)42(45)50)52-32-16-6-27(7-17-32)44(2,3)28-8-18-33(19-9-28)53-35-21-23-37-39(25-35)43(51)46(41(37)49)30-12-14-31(47)15-13-30/h4-25,47H,1-3H3. The van der Waals surface area contributed by atoms with Gasteiger partial charge in [-0.15, -0.1) is 0 Å². The van der Waals surface area contributed by atoms with Gasteiger partial charge in [-0.05, 0) is 115 Å². The minimum Gasteiger partial charge on any atom is -0.508 e. The van der Waals surface area contributed by atoms with E-state index in [2.05, 4.69) is 13.8 Å². The van der Waals surface area contributed by atoms with Gasteiger partial charge in [0.2, 0.25) is 0 Å². The Bertz CT molecular complexity index is 2280. The van der Waals surface area contributed by atoms with Crippen LogP contribution in [0.4, 0.5) is 11.4 Å². The van der Waals surface area contributed by atoms with Crippen molar-refractivity contribution in [1.29, 1.82) is 0 Å². The maximum Gasteiger partial charge on any atom is 0.266 e. The fourth-order valence-corrected chi connectivity index (χ4v) is 6.65. The van der Waals surface area contributed by atoms with Crippen molar-refractivity contribution in [2.45, 2.75) is 26.2 Å². The van der Waals surface area contributed by atoms with Crippen molar-refractivity contribution in [1.82, 2.24) is 0 Å². The molecule has 0 aliphatic carbocycles.